The van der Waals surface area contributed by atoms with E-state index in [1.165, 1.54) is 0 Å². The minimum atomic E-state index is -0.905. The van der Waals surface area contributed by atoms with Gasteiger partial charge >= 0.3 is 5.97 Å². The number of fused-ring (bicyclic) bond motifs is 3. The van der Waals surface area contributed by atoms with Gasteiger partial charge in [0, 0.05) is 6.20 Å². The first-order valence-corrected chi connectivity index (χ1v) is 4.94. The van der Waals surface area contributed by atoms with Crippen molar-refractivity contribution in [1.82, 2.24) is 14.8 Å². The minimum Gasteiger partial charge on any atom is -0.481 e. The highest BCUT2D eigenvalue weighted by Gasteiger charge is 2.21. The number of carboxylic acids is 1. The lowest BCUT2D eigenvalue weighted by Crippen LogP contribution is -2.03. The highest BCUT2D eigenvalue weighted by Crippen LogP contribution is 2.30. The summed E-state index contributed by atoms with van der Waals surface area (Å²) in [6, 6.07) is 1.76. The summed E-state index contributed by atoms with van der Waals surface area (Å²) in [5.74, 6) is -0.266. The number of ether oxygens (including phenoxy) is 1. The second-order valence-electron chi connectivity index (χ2n) is 3.60. The molecular formula is C10H9N3O3. The monoisotopic (exact) mass is 219 g/mol. The molecule has 16 heavy (non-hydrogen) atoms. The number of nitrogens with zero attached hydrogens (tertiary/aromatic N) is 3. The summed E-state index contributed by atoms with van der Waals surface area (Å²) in [5.41, 5.74) is 1.24. The van der Waals surface area contributed by atoms with E-state index in [4.69, 9.17) is 9.84 Å². The summed E-state index contributed by atoms with van der Waals surface area (Å²) in [7, 11) is 0. The number of carboxylic acid groups (broad SMARTS) is 1. The molecule has 0 saturated carbocycles. The van der Waals surface area contributed by atoms with Gasteiger partial charge in [-0.15, -0.1) is 0 Å². The lowest BCUT2D eigenvalue weighted by Gasteiger charge is -1.99. The van der Waals surface area contributed by atoms with Crippen molar-refractivity contribution in [1.29, 1.82) is 0 Å². The average Bonchev–Trinajstić information content (AvgIpc) is 2.75. The van der Waals surface area contributed by atoms with Crippen LogP contribution in [0.1, 0.15) is 5.69 Å². The van der Waals surface area contributed by atoms with Crippen LogP contribution < -0.4 is 4.74 Å². The third kappa shape index (κ3) is 1.23. The van der Waals surface area contributed by atoms with Gasteiger partial charge in [-0.1, -0.05) is 0 Å². The van der Waals surface area contributed by atoms with Gasteiger partial charge in [0.15, 0.2) is 0 Å². The number of aliphatic carboxylic acids is 1. The summed E-state index contributed by atoms with van der Waals surface area (Å²) in [6.07, 6.45) is 1.46. The van der Waals surface area contributed by atoms with Gasteiger partial charge in [0.2, 0.25) is 5.88 Å². The molecule has 0 spiro atoms. The van der Waals surface area contributed by atoms with Crippen LogP contribution in [0.4, 0.5) is 0 Å². The molecule has 0 aromatic carbocycles. The van der Waals surface area contributed by atoms with Crippen LogP contribution in [0.15, 0.2) is 12.3 Å². The van der Waals surface area contributed by atoms with E-state index >= 15 is 0 Å². The molecular weight excluding hydrogens is 210 g/mol. The van der Waals surface area contributed by atoms with Crippen LogP contribution in [0.5, 0.6) is 5.88 Å². The van der Waals surface area contributed by atoms with Crippen LogP contribution in [0, 0.1) is 0 Å². The summed E-state index contributed by atoms with van der Waals surface area (Å²) < 4.78 is 7.19. The molecule has 2 aromatic heterocycles. The lowest BCUT2D eigenvalue weighted by molar-refractivity contribution is -0.136. The van der Waals surface area contributed by atoms with Gasteiger partial charge in [-0.25, -0.2) is 4.68 Å². The smallest absolute Gasteiger partial charge is 0.309 e. The molecule has 1 aliphatic heterocycles. The normalized spacial score (nSPS) is 13.8. The Balaban J connectivity index is 2.24. The maximum Gasteiger partial charge on any atom is 0.309 e. The second kappa shape index (κ2) is 3.19. The van der Waals surface area contributed by atoms with E-state index in [-0.39, 0.29) is 6.42 Å². The fourth-order valence-electron chi connectivity index (χ4n) is 1.92. The summed E-state index contributed by atoms with van der Waals surface area (Å²) in [6.45, 7) is 1.29. The third-order valence-electron chi connectivity index (χ3n) is 2.54. The number of pyridine rings is 1. The highest BCUT2D eigenvalue weighted by atomic mass is 16.5. The zero-order valence-corrected chi connectivity index (χ0v) is 8.38. The van der Waals surface area contributed by atoms with E-state index in [1.54, 1.807) is 16.9 Å². The first-order valence-electron chi connectivity index (χ1n) is 4.94. The van der Waals surface area contributed by atoms with Crippen molar-refractivity contribution in [3.8, 4) is 5.88 Å². The molecule has 0 aliphatic carbocycles. The maximum absolute atomic E-state index is 10.7. The van der Waals surface area contributed by atoms with Gasteiger partial charge in [0.1, 0.15) is 6.61 Å². The zero-order chi connectivity index (χ0) is 11.1. The number of hydrogen-bond acceptors (Lipinski definition) is 4. The summed E-state index contributed by atoms with van der Waals surface area (Å²) in [4.78, 5) is 14.8. The van der Waals surface area contributed by atoms with Crippen molar-refractivity contribution in [2.75, 3.05) is 6.61 Å². The molecule has 3 heterocycles. The van der Waals surface area contributed by atoms with Crippen molar-refractivity contribution in [2.45, 2.75) is 13.0 Å². The quantitative estimate of drug-likeness (QED) is 0.793. The predicted molar refractivity (Wildman–Crippen MR) is 54.4 cm³/mol. The topological polar surface area (TPSA) is 77.2 Å². The highest BCUT2D eigenvalue weighted by molar-refractivity contribution is 5.89. The van der Waals surface area contributed by atoms with Crippen LogP contribution in [0.3, 0.4) is 0 Å². The number of aromatic nitrogens is 3. The van der Waals surface area contributed by atoms with Crippen LogP contribution >= 0.6 is 0 Å². The van der Waals surface area contributed by atoms with Crippen LogP contribution in [-0.4, -0.2) is 32.4 Å². The van der Waals surface area contributed by atoms with Crippen molar-refractivity contribution < 1.29 is 14.6 Å². The number of carbonyl (C=O) groups is 1. The summed E-state index contributed by atoms with van der Waals surface area (Å²) in [5, 5.41) is 13.8. The Hall–Kier alpha value is -2.11. The Morgan fingerprint density at radius 1 is 1.62 bits per heavy atom. The molecule has 0 bridgehead atoms. The van der Waals surface area contributed by atoms with Gasteiger partial charge < -0.3 is 9.84 Å². The lowest BCUT2D eigenvalue weighted by atomic mass is 10.2. The average molecular weight is 219 g/mol. The predicted octanol–water partition coefficient (Wildman–Crippen LogP) is 0.451. The fraction of sp³-hybridized carbons (Fsp3) is 0.300. The molecule has 2 aromatic rings. The van der Waals surface area contributed by atoms with Gasteiger partial charge in [-0.3, -0.25) is 9.78 Å². The first-order chi connectivity index (χ1) is 7.75. The number of hydrogen-bond donors (Lipinski definition) is 1. The molecule has 0 radical (unpaired) electrons. The van der Waals surface area contributed by atoms with Gasteiger partial charge in [-0.2, -0.15) is 5.10 Å². The molecule has 0 amide bonds. The first kappa shape index (κ1) is 9.14. The standard InChI is InChI=1S/C10H9N3O3/c14-8(15)5-7-9-6(1-2-11-7)12-13-3-4-16-10(9)13/h1-2H,3-5H2,(H,14,15). The van der Waals surface area contributed by atoms with Crippen LogP contribution in [-0.2, 0) is 17.8 Å². The van der Waals surface area contributed by atoms with Crippen LogP contribution in [0.25, 0.3) is 10.9 Å². The molecule has 6 heteroatoms. The molecule has 0 unspecified atom stereocenters. The Labute approximate surface area is 90.5 Å². The van der Waals surface area contributed by atoms with Crippen molar-refractivity contribution in [3.05, 3.63) is 18.0 Å². The SMILES string of the molecule is O=C(O)Cc1nccc2nn3c(c12)OCC3. The minimum absolute atomic E-state index is 0.112. The van der Waals surface area contributed by atoms with Crippen molar-refractivity contribution in [3.63, 3.8) is 0 Å². The molecule has 6 nitrogen and oxygen atoms in total. The second-order valence-corrected chi connectivity index (χ2v) is 3.60. The summed E-state index contributed by atoms with van der Waals surface area (Å²) >= 11 is 0. The largest absolute Gasteiger partial charge is 0.481 e. The van der Waals surface area contributed by atoms with Gasteiger partial charge in [-0.05, 0) is 6.07 Å². The van der Waals surface area contributed by atoms with E-state index in [9.17, 15) is 4.79 Å². The Bertz CT molecular complexity index is 576. The van der Waals surface area contributed by atoms with E-state index in [2.05, 4.69) is 10.1 Å². The van der Waals surface area contributed by atoms with Crippen molar-refractivity contribution in [2.24, 2.45) is 0 Å². The van der Waals surface area contributed by atoms with E-state index in [0.717, 1.165) is 10.9 Å². The van der Waals surface area contributed by atoms with Gasteiger partial charge in [0.25, 0.3) is 0 Å². The molecule has 0 fully saturated rings. The molecule has 0 atom stereocenters. The zero-order valence-electron chi connectivity index (χ0n) is 8.38. The number of rotatable bonds is 2. The molecule has 3 rings (SSSR count). The Morgan fingerprint density at radius 3 is 3.31 bits per heavy atom. The third-order valence-corrected chi connectivity index (χ3v) is 2.54. The maximum atomic E-state index is 10.7. The molecule has 1 N–H and O–H groups in total. The molecule has 1 aliphatic rings. The van der Waals surface area contributed by atoms with E-state index in [0.29, 0.717) is 24.7 Å². The Morgan fingerprint density at radius 2 is 2.50 bits per heavy atom. The van der Waals surface area contributed by atoms with Gasteiger partial charge in [0.05, 0.1) is 29.6 Å². The van der Waals surface area contributed by atoms with E-state index in [1.807, 2.05) is 0 Å². The van der Waals surface area contributed by atoms with Crippen molar-refractivity contribution >= 4 is 16.9 Å². The molecule has 82 valence electrons. The fourth-order valence-corrected chi connectivity index (χ4v) is 1.92. The molecule has 0 saturated heterocycles. The van der Waals surface area contributed by atoms with E-state index < -0.39 is 5.97 Å². The Kier molecular flexibility index (Phi) is 1.82. The van der Waals surface area contributed by atoms with Crippen LogP contribution in [0.2, 0.25) is 0 Å².